The first kappa shape index (κ1) is 17.6. The molecule has 1 aromatic carbocycles. The number of carboxylic acid groups (broad SMARTS) is 1. The Bertz CT molecular complexity index is 553. The summed E-state index contributed by atoms with van der Waals surface area (Å²) >= 11 is 0. The van der Waals surface area contributed by atoms with Gasteiger partial charge in [-0.15, -0.1) is 0 Å². The maximum absolute atomic E-state index is 11.8. The van der Waals surface area contributed by atoms with E-state index >= 15 is 0 Å². The van der Waals surface area contributed by atoms with E-state index in [1.807, 2.05) is 6.92 Å². The standard InChI is InChI=1S/C16H21NO5/c1-4-11(2)22-16(20)10-13(9-15(18)19)17-12-6-5-7-14(8-12)21-3/h5-8,10-11,17H,4,9H2,1-3H3,(H,18,19). The molecule has 1 aromatic rings. The largest absolute Gasteiger partial charge is 0.497 e. The summed E-state index contributed by atoms with van der Waals surface area (Å²) < 4.78 is 10.2. The fraction of sp³-hybridized carbons (Fsp3) is 0.375. The molecule has 0 bridgehead atoms. The van der Waals surface area contributed by atoms with Crippen LogP contribution in [0.4, 0.5) is 5.69 Å². The summed E-state index contributed by atoms with van der Waals surface area (Å²) in [6.07, 6.45) is 1.33. The molecule has 6 heteroatoms. The van der Waals surface area contributed by atoms with Crippen LogP contribution in [0.3, 0.4) is 0 Å². The van der Waals surface area contributed by atoms with Crippen LogP contribution in [0.1, 0.15) is 26.7 Å². The third-order valence-electron chi connectivity index (χ3n) is 2.90. The summed E-state index contributed by atoms with van der Waals surface area (Å²) in [6, 6.07) is 6.98. The van der Waals surface area contributed by atoms with E-state index in [9.17, 15) is 9.59 Å². The lowest BCUT2D eigenvalue weighted by molar-refractivity contribution is -0.142. The van der Waals surface area contributed by atoms with Crippen LogP contribution in [0, 0.1) is 0 Å². The van der Waals surface area contributed by atoms with Gasteiger partial charge in [-0.1, -0.05) is 13.0 Å². The van der Waals surface area contributed by atoms with Crippen molar-refractivity contribution in [2.75, 3.05) is 12.4 Å². The predicted octanol–water partition coefficient (Wildman–Crippen LogP) is 2.81. The highest BCUT2D eigenvalue weighted by Gasteiger charge is 2.10. The number of hydrogen-bond acceptors (Lipinski definition) is 5. The Labute approximate surface area is 129 Å². The van der Waals surface area contributed by atoms with Gasteiger partial charge in [0.15, 0.2) is 0 Å². The average molecular weight is 307 g/mol. The molecule has 1 atom stereocenters. The number of esters is 1. The second kappa shape index (κ2) is 8.71. The van der Waals surface area contributed by atoms with Gasteiger partial charge < -0.3 is 19.9 Å². The number of aliphatic carboxylic acids is 1. The molecule has 22 heavy (non-hydrogen) atoms. The number of benzene rings is 1. The minimum absolute atomic E-state index is 0.216. The van der Waals surface area contributed by atoms with E-state index in [4.69, 9.17) is 14.6 Å². The molecule has 0 heterocycles. The molecule has 0 spiro atoms. The van der Waals surface area contributed by atoms with Crippen molar-refractivity contribution in [3.8, 4) is 5.75 Å². The molecule has 1 rings (SSSR count). The average Bonchev–Trinajstić information content (AvgIpc) is 2.46. The number of rotatable bonds is 8. The lowest BCUT2D eigenvalue weighted by atomic mass is 10.2. The lowest BCUT2D eigenvalue weighted by Crippen LogP contribution is -2.14. The zero-order chi connectivity index (χ0) is 16.5. The topological polar surface area (TPSA) is 84.9 Å². The summed E-state index contributed by atoms with van der Waals surface area (Å²) in [6.45, 7) is 3.67. The van der Waals surface area contributed by atoms with Gasteiger partial charge in [0.05, 0.1) is 19.6 Å². The molecular weight excluding hydrogens is 286 g/mol. The van der Waals surface area contributed by atoms with Gasteiger partial charge in [0.2, 0.25) is 0 Å². The molecule has 1 unspecified atom stereocenters. The zero-order valence-electron chi connectivity index (χ0n) is 13.0. The quantitative estimate of drug-likeness (QED) is 0.567. The van der Waals surface area contributed by atoms with E-state index in [-0.39, 0.29) is 18.2 Å². The molecular formula is C16H21NO5. The number of anilines is 1. The number of carbonyl (C=O) groups is 2. The van der Waals surface area contributed by atoms with E-state index in [1.54, 1.807) is 31.2 Å². The first-order valence-corrected chi connectivity index (χ1v) is 6.98. The Morgan fingerprint density at radius 2 is 2.14 bits per heavy atom. The molecule has 0 amide bonds. The van der Waals surface area contributed by atoms with Crippen molar-refractivity contribution in [3.05, 3.63) is 36.0 Å². The molecule has 6 nitrogen and oxygen atoms in total. The van der Waals surface area contributed by atoms with Gasteiger partial charge in [-0.2, -0.15) is 0 Å². The first-order valence-electron chi connectivity index (χ1n) is 6.98. The van der Waals surface area contributed by atoms with Crippen LogP contribution in [-0.4, -0.2) is 30.3 Å². The van der Waals surface area contributed by atoms with Crippen molar-refractivity contribution in [1.82, 2.24) is 0 Å². The van der Waals surface area contributed by atoms with Gasteiger partial charge >= 0.3 is 11.9 Å². The maximum Gasteiger partial charge on any atom is 0.332 e. The number of methoxy groups -OCH3 is 1. The number of hydrogen-bond donors (Lipinski definition) is 2. The molecule has 0 aliphatic rings. The molecule has 0 saturated carbocycles. The first-order chi connectivity index (χ1) is 10.4. The highest BCUT2D eigenvalue weighted by Crippen LogP contribution is 2.19. The van der Waals surface area contributed by atoms with Crippen molar-refractivity contribution >= 4 is 17.6 Å². The zero-order valence-corrected chi connectivity index (χ0v) is 13.0. The van der Waals surface area contributed by atoms with E-state index in [1.165, 1.54) is 13.2 Å². The van der Waals surface area contributed by atoms with E-state index in [0.717, 1.165) is 0 Å². The summed E-state index contributed by atoms with van der Waals surface area (Å²) in [5, 5.41) is 11.9. The van der Waals surface area contributed by atoms with Crippen LogP contribution in [0.2, 0.25) is 0 Å². The SMILES string of the molecule is CCC(C)OC(=O)C=C(CC(=O)O)Nc1cccc(OC)c1. The Morgan fingerprint density at radius 3 is 2.73 bits per heavy atom. The van der Waals surface area contributed by atoms with Crippen molar-refractivity contribution in [2.24, 2.45) is 0 Å². The van der Waals surface area contributed by atoms with E-state index < -0.39 is 11.9 Å². The number of carbonyl (C=O) groups excluding carboxylic acids is 1. The van der Waals surface area contributed by atoms with Gasteiger partial charge in [-0.3, -0.25) is 4.79 Å². The van der Waals surface area contributed by atoms with Crippen LogP contribution in [0.15, 0.2) is 36.0 Å². The lowest BCUT2D eigenvalue weighted by Gasteiger charge is -2.12. The van der Waals surface area contributed by atoms with Crippen LogP contribution in [-0.2, 0) is 14.3 Å². The molecule has 0 saturated heterocycles. The predicted molar refractivity (Wildman–Crippen MR) is 82.8 cm³/mol. The Morgan fingerprint density at radius 1 is 1.41 bits per heavy atom. The minimum atomic E-state index is -1.04. The molecule has 0 aliphatic carbocycles. The number of carboxylic acids is 1. The summed E-state index contributed by atoms with van der Waals surface area (Å²) in [5.41, 5.74) is 0.872. The fourth-order valence-corrected chi connectivity index (χ4v) is 1.64. The van der Waals surface area contributed by atoms with E-state index in [0.29, 0.717) is 17.9 Å². The van der Waals surface area contributed by atoms with Crippen LogP contribution in [0.5, 0.6) is 5.75 Å². The normalized spacial score (nSPS) is 12.4. The number of nitrogens with one attached hydrogen (secondary N) is 1. The smallest absolute Gasteiger partial charge is 0.332 e. The Hall–Kier alpha value is -2.50. The summed E-state index contributed by atoms with van der Waals surface area (Å²) in [5.74, 6) is -0.985. The molecule has 2 N–H and O–H groups in total. The second-order valence-electron chi connectivity index (χ2n) is 4.75. The van der Waals surface area contributed by atoms with Crippen molar-refractivity contribution in [1.29, 1.82) is 0 Å². The monoisotopic (exact) mass is 307 g/mol. The maximum atomic E-state index is 11.8. The highest BCUT2D eigenvalue weighted by molar-refractivity contribution is 5.85. The fourth-order valence-electron chi connectivity index (χ4n) is 1.64. The van der Waals surface area contributed by atoms with Gasteiger partial charge in [-0.25, -0.2) is 4.79 Å². The third-order valence-corrected chi connectivity index (χ3v) is 2.90. The third kappa shape index (κ3) is 6.30. The molecule has 0 aliphatic heterocycles. The van der Waals surface area contributed by atoms with Crippen molar-refractivity contribution in [3.63, 3.8) is 0 Å². The van der Waals surface area contributed by atoms with Crippen molar-refractivity contribution < 1.29 is 24.2 Å². The Balaban J connectivity index is 2.87. The van der Waals surface area contributed by atoms with Crippen molar-refractivity contribution in [2.45, 2.75) is 32.8 Å². The minimum Gasteiger partial charge on any atom is -0.497 e. The second-order valence-corrected chi connectivity index (χ2v) is 4.75. The van der Waals surface area contributed by atoms with Gasteiger partial charge in [-0.05, 0) is 25.5 Å². The molecule has 0 fully saturated rings. The molecule has 120 valence electrons. The summed E-state index contributed by atoms with van der Waals surface area (Å²) in [7, 11) is 1.54. The molecule has 0 aromatic heterocycles. The van der Waals surface area contributed by atoms with Gasteiger partial charge in [0.25, 0.3) is 0 Å². The van der Waals surface area contributed by atoms with Gasteiger partial charge in [0, 0.05) is 23.5 Å². The summed E-state index contributed by atoms with van der Waals surface area (Å²) in [4.78, 5) is 22.7. The van der Waals surface area contributed by atoms with Crippen LogP contribution < -0.4 is 10.1 Å². The van der Waals surface area contributed by atoms with Gasteiger partial charge in [0.1, 0.15) is 5.75 Å². The van der Waals surface area contributed by atoms with Crippen LogP contribution >= 0.6 is 0 Å². The molecule has 0 radical (unpaired) electrons. The Kier molecular flexibility index (Phi) is 6.95. The van der Waals surface area contributed by atoms with Crippen LogP contribution in [0.25, 0.3) is 0 Å². The van der Waals surface area contributed by atoms with E-state index in [2.05, 4.69) is 5.32 Å². The number of ether oxygens (including phenoxy) is 2. The highest BCUT2D eigenvalue weighted by atomic mass is 16.5.